The van der Waals surface area contributed by atoms with Crippen LogP contribution in [0.4, 0.5) is 11.4 Å². The van der Waals surface area contributed by atoms with E-state index in [0.29, 0.717) is 5.69 Å². The Bertz CT molecular complexity index is 553. The Balaban J connectivity index is 2.44. The molecule has 1 aliphatic carbocycles. The monoisotopic (exact) mass is 294 g/mol. The minimum Gasteiger partial charge on any atom is -0.494 e. The molecule has 0 atom stereocenters. The fraction of sp³-hybridized carbons (Fsp3) is 0.500. The average Bonchev–Trinajstić information content (AvgIpc) is 2.99. The summed E-state index contributed by atoms with van der Waals surface area (Å²) in [5.41, 5.74) is 0.238. The van der Waals surface area contributed by atoms with E-state index < -0.39 is 10.9 Å². The van der Waals surface area contributed by atoms with E-state index in [1.165, 1.54) is 26.4 Å². The quantitative estimate of drug-likeness (QED) is 0.510. The van der Waals surface area contributed by atoms with Crippen LogP contribution in [0.1, 0.15) is 36.0 Å². The molecule has 7 nitrogen and oxygen atoms in total. The molecule has 1 aromatic carbocycles. The van der Waals surface area contributed by atoms with Gasteiger partial charge in [0, 0.05) is 12.1 Å². The lowest BCUT2D eigenvalue weighted by Gasteiger charge is -2.17. The number of nitrogens with one attached hydrogen (secondary N) is 1. The highest BCUT2D eigenvalue weighted by Crippen LogP contribution is 2.38. The second-order valence-corrected chi connectivity index (χ2v) is 4.95. The van der Waals surface area contributed by atoms with E-state index in [4.69, 9.17) is 4.74 Å². The number of methoxy groups -OCH3 is 2. The minimum atomic E-state index is -0.635. The van der Waals surface area contributed by atoms with Gasteiger partial charge in [-0.3, -0.25) is 10.1 Å². The Labute approximate surface area is 122 Å². The van der Waals surface area contributed by atoms with Gasteiger partial charge in [-0.2, -0.15) is 0 Å². The predicted molar refractivity (Wildman–Crippen MR) is 76.9 cm³/mol. The van der Waals surface area contributed by atoms with Crippen molar-refractivity contribution < 1.29 is 19.2 Å². The predicted octanol–water partition coefficient (Wildman–Crippen LogP) is 2.74. The maximum Gasteiger partial charge on any atom is 0.338 e. The van der Waals surface area contributed by atoms with Crippen LogP contribution in [-0.4, -0.2) is 31.2 Å². The topological polar surface area (TPSA) is 90.7 Å². The number of benzene rings is 1. The SMILES string of the molecule is COC(=O)c1cc(OC)c(NC2CCCC2)c([N+](=O)[O-])c1. The largest absolute Gasteiger partial charge is 0.494 e. The van der Waals surface area contributed by atoms with Crippen LogP contribution in [0.2, 0.25) is 0 Å². The summed E-state index contributed by atoms with van der Waals surface area (Å²) in [5, 5.41) is 14.5. The van der Waals surface area contributed by atoms with Crippen LogP contribution < -0.4 is 10.1 Å². The molecule has 0 radical (unpaired) electrons. The first-order valence-corrected chi connectivity index (χ1v) is 6.78. The third kappa shape index (κ3) is 3.24. The third-order valence-electron chi connectivity index (χ3n) is 3.62. The lowest BCUT2D eigenvalue weighted by molar-refractivity contribution is -0.384. The van der Waals surface area contributed by atoms with Gasteiger partial charge >= 0.3 is 5.97 Å². The van der Waals surface area contributed by atoms with E-state index in [-0.39, 0.29) is 23.0 Å². The van der Waals surface area contributed by atoms with Crippen LogP contribution in [0, 0.1) is 10.1 Å². The first kappa shape index (κ1) is 15.1. The van der Waals surface area contributed by atoms with Crippen LogP contribution in [0.3, 0.4) is 0 Å². The molecule has 1 saturated carbocycles. The van der Waals surface area contributed by atoms with Crippen LogP contribution in [-0.2, 0) is 4.74 Å². The number of anilines is 1. The molecule has 1 aliphatic rings. The Morgan fingerprint density at radius 1 is 1.33 bits per heavy atom. The highest BCUT2D eigenvalue weighted by molar-refractivity contribution is 5.93. The van der Waals surface area contributed by atoms with Gasteiger partial charge in [-0.25, -0.2) is 4.79 Å². The lowest BCUT2D eigenvalue weighted by Crippen LogP contribution is -2.17. The maximum atomic E-state index is 11.6. The standard InChI is InChI=1S/C14H18N2O5/c1-20-12-8-9(14(17)21-2)7-11(16(18)19)13(12)15-10-5-3-4-6-10/h7-8,10,15H,3-6H2,1-2H3. The van der Waals surface area contributed by atoms with Crippen molar-refractivity contribution in [3.63, 3.8) is 0 Å². The molecule has 0 spiro atoms. The summed E-state index contributed by atoms with van der Waals surface area (Å²) >= 11 is 0. The van der Waals surface area contributed by atoms with Crippen LogP contribution in [0.25, 0.3) is 0 Å². The highest BCUT2D eigenvalue weighted by atomic mass is 16.6. The summed E-state index contributed by atoms with van der Waals surface area (Å²) in [6.45, 7) is 0. The first-order chi connectivity index (χ1) is 10.1. The van der Waals surface area contributed by atoms with Gasteiger partial charge in [0.2, 0.25) is 0 Å². The van der Waals surface area contributed by atoms with E-state index in [9.17, 15) is 14.9 Å². The third-order valence-corrected chi connectivity index (χ3v) is 3.62. The summed E-state index contributed by atoms with van der Waals surface area (Å²) in [6.07, 6.45) is 4.15. The highest BCUT2D eigenvalue weighted by Gasteiger charge is 2.26. The second kappa shape index (κ2) is 6.43. The zero-order valence-electron chi connectivity index (χ0n) is 12.0. The number of esters is 1. The summed E-state index contributed by atoms with van der Waals surface area (Å²) in [6, 6.07) is 2.86. The van der Waals surface area contributed by atoms with Crippen molar-refractivity contribution in [1.82, 2.24) is 0 Å². The number of nitro groups is 1. The van der Waals surface area contributed by atoms with E-state index in [2.05, 4.69) is 10.1 Å². The molecule has 7 heteroatoms. The molecule has 1 aromatic rings. The summed E-state index contributed by atoms with van der Waals surface area (Å²) in [7, 11) is 2.64. The fourth-order valence-corrected chi connectivity index (χ4v) is 2.56. The molecule has 0 saturated heterocycles. The smallest absolute Gasteiger partial charge is 0.338 e. The van der Waals surface area contributed by atoms with Crippen molar-refractivity contribution in [2.75, 3.05) is 19.5 Å². The van der Waals surface area contributed by atoms with E-state index in [1.807, 2.05) is 0 Å². The van der Waals surface area contributed by atoms with Gasteiger partial charge in [0.25, 0.3) is 5.69 Å². The summed E-state index contributed by atoms with van der Waals surface area (Å²) in [5.74, 6) is -0.361. The van der Waals surface area contributed by atoms with Gasteiger partial charge < -0.3 is 14.8 Å². The molecule has 1 N–H and O–H groups in total. The Morgan fingerprint density at radius 2 is 2.00 bits per heavy atom. The van der Waals surface area contributed by atoms with Gasteiger partial charge in [0.05, 0.1) is 24.7 Å². The van der Waals surface area contributed by atoms with Crippen LogP contribution >= 0.6 is 0 Å². The van der Waals surface area contributed by atoms with Crippen molar-refractivity contribution in [3.8, 4) is 5.75 Å². The normalized spacial score (nSPS) is 14.8. The zero-order chi connectivity index (χ0) is 15.4. The van der Waals surface area contributed by atoms with E-state index in [0.717, 1.165) is 25.7 Å². The van der Waals surface area contributed by atoms with Crippen LogP contribution in [0.15, 0.2) is 12.1 Å². The number of hydrogen-bond acceptors (Lipinski definition) is 6. The Kier molecular flexibility index (Phi) is 4.62. The number of carbonyl (C=O) groups excluding carboxylic acids is 1. The van der Waals surface area contributed by atoms with E-state index in [1.54, 1.807) is 0 Å². The van der Waals surface area contributed by atoms with Gasteiger partial charge in [-0.1, -0.05) is 12.8 Å². The number of carbonyl (C=O) groups is 1. The number of nitro benzene ring substituents is 1. The van der Waals surface area contributed by atoms with Crippen molar-refractivity contribution in [1.29, 1.82) is 0 Å². The number of hydrogen-bond donors (Lipinski definition) is 1. The van der Waals surface area contributed by atoms with Crippen molar-refractivity contribution in [2.45, 2.75) is 31.7 Å². The number of rotatable bonds is 5. The lowest BCUT2D eigenvalue weighted by atomic mass is 10.1. The summed E-state index contributed by atoms with van der Waals surface area (Å²) in [4.78, 5) is 22.4. The van der Waals surface area contributed by atoms with Gasteiger partial charge in [-0.15, -0.1) is 0 Å². The Hall–Kier alpha value is -2.31. The molecule has 0 aliphatic heterocycles. The zero-order valence-corrected chi connectivity index (χ0v) is 12.0. The molecule has 0 amide bonds. The molecule has 1 fully saturated rings. The fourth-order valence-electron chi connectivity index (χ4n) is 2.56. The second-order valence-electron chi connectivity index (χ2n) is 4.95. The van der Waals surface area contributed by atoms with E-state index >= 15 is 0 Å². The van der Waals surface area contributed by atoms with Gasteiger partial charge in [-0.05, 0) is 18.9 Å². The van der Waals surface area contributed by atoms with Crippen molar-refractivity contribution in [3.05, 3.63) is 27.8 Å². The molecule has 2 rings (SSSR count). The number of ether oxygens (including phenoxy) is 2. The van der Waals surface area contributed by atoms with Gasteiger partial charge in [0.15, 0.2) is 5.69 Å². The molecular formula is C14H18N2O5. The number of nitrogens with zero attached hydrogens (tertiary/aromatic N) is 1. The molecule has 114 valence electrons. The summed E-state index contributed by atoms with van der Waals surface area (Å²) < 4.78 is 9.81. The minimum absolute atomic E-state index is 0.0954. The first-order valence-electron chi connectivity index (χ1n) is 6.78. The molecule has 0 unspecified atom stereocenters. The Morgan fingerprint density at radius 3 is 2.52 bits per heavy atom. The molecule has 0 bridgehead atoms. The van der Waals surface area contributed by atoms with Crippen molar-refractivity contribution in [2.24, 2.45) is 0 Å². The van der Waals surface area contributed by atoms with Crippen LogP contribution in [0.5, 0.6) is 5.75 Å². The molecule has 21 heavy (non-hydrogen) atoms. The molecular weight excluding hydrogens is 276 g/mol. The van der Waals surface area contributed by atoms with Gasteiger partial charge in [0.1, 0.15) is 5.75 Å². The molecule has 0 heterocycles. The average molecular weight is 294 g/mol. The van der Waals surface area contributed by atoms with Crippen molar-refractivity contribution >= 4 is 17.3 Å². The molecule has 0 aromatic heterocycles. The maximum absolute atomic E-state index is 11.6.